The molecule has 1 atom stereocenters. The number of para-hydroxylation sites is 2. The monoisotopic (exact) mass is 378 g/mol. The van der Waals surface area contributed by atoms with Crippen molar-refractivity contribution in [2.75, 3.05) is 37.5 Å². The van der Waals surface area contributed by atoms with E-state index >= 15 is 0 Å². The highest BCUT2D eigenvalue weighted by atomic mass is 16.5. The van der Waals surface area contributed by atoms with E-state index in [1.54, 1.807) is 12.0 Å². The second-order valence-corrected chi connectivity index (χ2v) is 6.98. The Balaban J connectivity index is 1.57. The van der Waals surface area contributed by atoms with E-state index in [1.807, 2.05) is 67.5 Å². The summed E-state index contributed by atoms with van der Waals surface area (Å²) in [6.45, 7) is 0.496. The summed E-state index contributed by atoms with van der Waals surface area (Å²) in [5.41, 5.74) is 2.67. The highest BCUT2D eigenvalue weighted by molar-refractivity contribution is 5.97. The molecule has 1 amide bonds. The van der Waals surface area contributed by atoms with Crippen LogP contribution in [0.25, 0.3) is 11.5 Å². The van der Waals surface area contributed by atoms with Gasteiger partial charge in [-0.25, -0.2) is 0 Å². The smallest absolute Gasteiger partial charge is 0.258 e. The molecule has 7 nitrogen and oxygen atoms in total. The second kappa shape index (κ2) is 7.34. The van der Waals surface area contributed by atoms with Crippen LogP contribution in [0.15, 0.2) is 53.1 Å². The molecule has 0 spiro atoms. The molecule has 1 aromatic heterocycles. The molecular formula is C21H22N4O3. The van der Waals surface area contributed by atoms with Gasteiger partial charge in [0.05, 0.1) is 12.8 Å². The summed E-state index contributed by atoms with van der Waals surface area (Å²) in [6.07, 6.45) is 0.342. The first-order valence-electron chi connectivity index (χ1n) is 9.11. The van der Waals surface area contributed by atoms with Crippen molar-refractivity contribution in [3.05, 3.63) is 54.4 Å². The Morgan fingerprint density at radius 3 is 2.79 bits per heavy atom. The Bertz CT molecular complexity index is 999. The summed E-state index contributed by atoms with van der Waals surface area (Å²) in [4.78, 5) is 20.9. The van der Waals surface area contributed by atoms with E-state index < -0.39 is 0 Å². The number of carbonyl (C=O) groups is 1. The number of ether oxygens (including phenoxy) is 1. The normalized spacial score (nSPS) is 16.5. The lowest BCUT2D eigenvalue weighted by Crippen LogP contribution is -2.24. The van der Waals surface area contributed by atoms with Crippen LogP contribution in [-0.2, 0) is 4.79 Å². The lowest BCUT2D eigenvalue weighted by atomic mass is 10.1. The zero-order valence-corrected chi connectivity index (χ0v) is 16.1. The first-order valence-corrected chi connectivity index (χ1v) is 9.11. The minimum Gasteiger partial charge on any atom is -0.495 e. The molecule has 7 heteroatoms. The summed E-state index contributed by atoms with van der Waals surface area (Å²) >= 11 is 0. The van der Waals surface area contributed by atoms with Gasteiger partial charge in [-0.05, 0) is 30.3 Å². The number of rotatable bonds is 5. The molecule has 3 aromatic rings. The maximum absolute atomic E-state index is 12.6. The van der Waals surface area contributed by atoms with Crippen molar-refractivity contribution in [3.8, 4) is 17.2 Å². The molecule has 1 aliphatic heterocycles. The Morgan fingerprint density at radius 1 is 1.18 bits per heavy atom. The fourth-order valence-corrected chi connectivity index (χ4v) is 3.40. The summed E-state index contributed by atoms with van der Waals surface area (Å²) < 4.78 is 10.9. The van der Waals surface area contributed by atoms with Gasteiger partial charge in [0.2, 0.25) is 5.91 Å². The van der Waals surface area contributed by atoms with E-state index in [0.29, 0.717) is 30.4 Å². The van der Waals surface area contributed by atoms with Crippen LogP contribution in [0.3, 0.4) is 0 Å². The standard InChI is InChI=1S/C21H22N4O3/c1-24(2)16-8-6-7-14(11-16)21-22-20(23-28-21)15-12-19(26)25(13-15)17-9-4-5-10-18(17)27-3/h4-11,15H,12-13H2,1-3H3. The lowest BCUT2D eigenvalue weighted by molar-refractivity contribution is -0.117. The molecule has 1 saturated heterocycles. The SMILES string of the molecule is COc1ccccc1N1CC(c2noc(-c3cccc(N(C)C)c3)n2)CC1=O. The van der Waals surface area contributed by atoms with Crippen molar-refractivity contribution in [2.45, 2.75) is 12.3 Å². The van der Waals surface area contributed by atoms with Gasteiger partial charge < -0.3 is 19.1 Å². The quantitative estimate of drug-likeness (QED) is 0.678. The molecule has 28 heavy (non-hydrogen) atoms. The molecule has 1 aliphatic rings. The number of anilines is 2. The Kier molecular flexibility index (Phi) is 4.73. The van der Waals surface area contributed by atoms with Crippen LogP contribution in [0.1, 0.15) is 18.2 Å². The van der Waals surface area contributed by atoms with Gasteiger partial charge in [-0.1, -0.05) is 23.4 Å². The molecule has 0 radical (unpaired) electrons. The van der Waals surface area contributed by atoms with E-state index in [-0.39, 0.29) is 11.8 Å². The Morgan fingerprint density at radius 2 is 2.00 bits per heavy atom. The van der Waals surface area contributed by atoms with E-state index in [4.69, 9.17) is 9.26 Å². The first-order chi connectivity index (χ1) is 13.6. The highest BCUT2D eigenvalue weighted by Crippen LogP contribution is 2.36. The molecule has 0 N–H and O–H groups in total. The third-order valence-corrected chi connectivity index (χ3v) is 4.92. The summed E-state index contributed by atoms with van der Waals surface area (Å²) in [5, 5.41) is 4.14. The van der Waals surface area contributed by atoms with E-state index in [9.17, 15) is 4.79 Å². The summed E-state index contributed by atoms with van der Waals surface area (Å²) in [5.74, 6) is 1.59. The number of aromatic nitrogens is 2. The third-order valence-electron chi connectivity index (χ3n) is 4.92. The number of amides is 1. The molecule has 2 heterocycles. The molecule has 4 rings (SSSR count). The Hall–Kier alpha value is -3.35. The average Bonchev–Trinajstić information content (AvgIpc) is 3.35. The average molecular weight is 378 g/mol. The fraction of sp³-hybridized carbons (Fsp3) is 0.286. The van der Waals surface area contributed by atoms with Crippen LogP contribution in [-0.4, -0.2) is 43.8 Å². The van der Waals surface area contributed by atoms with Crippen molar-refractivity contribution in [1.82, 2.24) is 10.1 Å². The van der Waals surface area contributed by atoms with Crippen molar-refractivity contribution >= 4 is 17.3 Å². The maximum Gasteiger partial charge on any atom is 0.258 e. The topological polar surface area (TPSA) is 71.7 Å². The predicted octanol–water partition coefficient (Wildman–Crippen LogP) is 3.33. The van der Waals surface area contributed by atoms with E-state index in [2.05, 4.69) is 10.1 Å². The van der Waals surface area contributed by atoms with E-state index in [1.165, 1.54) is 0 Å². The van der Waals surface area contributed by atoms with Crippen molar-refractivity contribution in [3.63, 3.8) is 0 Å². The summed E-state index contributed by atoms with van der Waals surface area (Å²) in [7, 11) is 5.56. The predicted molar refractivity (Wildman–Crippen MR) is 107 cm³/mol. The molecule has 0 aliphatic carbocycles. The summed E-state index contributed by atoms with van der Waals surface area (Å²) in [6, 6.07) is 15.4. The zero-order valence-electron chi connectivity index (χ0n) is 16.1. The van der Waals surface area contributed by atoms with Crippen LogP contribution in [0.2, 0.25) is 0 Å². The van der Waals surface area contributed by atoms with Gasteiger partial charge in [0.15, 0.2) is 5.82 Å². The van der Waals surface area contributed by atoms with Crippen molar-refractivity contribution in [2.24, 2.45) is 0 Å². The van der Waals surface area contributed by atoms with Gasteiger partial charge in [0, 0.05) is 44.2 Å². The lowest BCUT2D eigenvalue weighted by Gasteiger charge is -2.18. The van der Waals surface area contributed by atoms with Gasteiger partial charge in [-0.3, -0.25) is 4.79 Å². The van der Waals surface area contributed by atoms with E-state index in [0.717, 1.165) is 16.9 Å². The van der Waals surface area contributed by atoms with Crippen LogP contribution in [0, 0.1) is 0 Å². The van der Waals surface area contributed by atoms with Crippen molar-refractivity contribution in [1.29, 1.82) is 0 Å². The van der Waals surface area contributed by atoms with Crippen LogP contribution in [0.5, 0.6) is 5.75 Å². The number of nitrogens with zero attached hydrogens (tertiary/aromatic N) is 4. The van der Waals surface area contributed by atoms with Gasteiger partial charge in [0.1, 0.15) is 5.75 Å². The number of hydrogen-bond donors (Lipinski definition) is 0. The highest BCUT2D eigenvalue weighted by Gasteiger charge is 2.35. The zero-order chi connectivity index (χ0) is 19.7. The van der Waals surface area contributed by atoms with Crippen molar-refractivity contribution < 1.29 is 14.1 Å². The first kappa shape index (κ1) is 18.0. The fourth-order valence-electron chi connectivity index (χ4n) is 3.40. The molecule has 0 saturated carbocycles. The number of hydrogen-bond acceptors (Lipinski definition) is 6. The van der Waals surface area contributed by atoms with Gasteiger partial charge in [-0.2, -0.15) is 4.98 Å². The largest absolute Gasteiger partial charge is 0.495 e. The molecule has 144 valence electrons. The molecular weight excluding hydrogens is 356 g/mol. The number of benzene rings is 2. The molecule has 1 unspecified atom stereocenters. The number of carbonyl (C=O) groups excluding carboxylic acids is 1. The minimum absolute atomic E-state index is 0.0236. The van der Waals surface area contributed by atoms with Crippen LogP contribution in [0.4, 0.5) is 11.4 Å². The van der Waals surface area contributed by atoms with Crippen LogP contribution >= 0.6 is 0 Å². The second-order valence-electron chi connectivity index (χ2n) is 6.98. The van der Waals surface area contributed by atoms with Gasteiger partial charge in [0.25, 0.3) is 5.89 Å². The molecule has 0 bridgehead atoms. The van der Waals surface area contributed by atoms with Gasteiger partial charge in [-0.15, -0.1) is 0 Å². The maximum atomic E-state index is 12.6. The van der Waals surface area contributed by atoms with Gasteiger partial charge >= 0.3 is 0 Å². The third kappa shape index (κ3) is 3.31. The molecule has 1 fully saturated rings. The van der Waals surface area contributed by atoms with Crippen LogP contribution < -0.4 is 14.5 Å². The molecule has 2 aromatic carbocycles. The Labute approximate surface area is 163 Å². The number of methoxy groups -OCH3 is 1. The minimum atomic E-state index is -0.119.